The molecule has 1 aromatic carbocycles. The van der Waals surface area contributed by atoms with E-state index < -0.39 is 6.36 Å². The van der Waals surface area contributed by atoms with Gasteiger partial charge in [-0.05, 0) is 33.6 Å². The first-order valence-electron chi connectivity index (χ1n) is 4.73. The van der Waals surface area contributed by atoms with E-state index in [1.54, 1.807) is 17.1 Å². The van der Waals surface area contributed by atoms with Gasteiger partial charge in [-0.2, -0.15) is 0 Å². The summed E-state index contributed by atoms with van der Waals surface area (Å²) in [4.78, 5) is 0. The van der Waals surface area contributed by atoms with Crippen LogP contribution in [-0.2, 0) is 6.54 Å². The van der Waals surface area contributed by atoms with Crippen molar-refractivity contribution < 1.29 is 17.9 Å². The van der Waals surface area contributed by atoms with Crippen LogP contribution in [0.15, 0.2) is 22.7 Å². The Bertz CT molecular complexity index is 382. The maximum Gasteiger partial charge on any atom is 0.573 e. The van der Waals surface area contributed by atoms with Crippen molar-refractivity contribution in [3.63, 3.8) is 0 Å². The highest BCUT2D eigenvalue weighted by Crippen LogP contribution is 2.30. The van der Waals surface area contributed by atoms with E-state index in [0.717, 1.165) is 5.56 Å². The number of hydrogen-bond acceptors (Lipinski definition) is 3. The molecule has 7 heteroatoms. The van der Waals surface area contributed by atoms with Gasteiger partial charge in [0.1, 0.15) is 5.75 Å². The third-order valence-electron chi connectivity index (χ3n) is 1.82. The van der Waals surface area contributed by atoms with Crippen molar-refractivity contribution in [2.75, 3.05) is 14.1 Å². The second kappa shape index (κ2) is 5.70. The van der Waals surface area contributed by atoms with E-state index in [1.165, 1.54) is 6.07 Å². The highest BCUT2D eigenvalue weighted by molar-refractivity contribution is 9.10. The third-order valence-corrected chi connectivity index (χ3v) is 2.44. The van der Waals surface area contributed by atoms with Crippen LogP contribution in [0, 0.1) is 0 Å². The molecule has 3 nitrogen and oxygen atoms in total. The fraction of sp³-hybridized carbons (Fsp3) is 0.400. The standard InChI is InChI=1S/C10H12BrF3N2O/c1-16(2)15-6-7-3-4-9(8(11)5-7)17-10(12,13)14/h3-5,15H,6H2,1-2H3. The van der Waals surface area contributed by atoms with Crippen molar-refractivity contribution in [3.8, 4) is 5.75 Å². The van der Waals surface area contributed by atoms with E-state index in [1.807, 2.05) is 14.1 Å². The molecular formula is C10H12BrF3N2O. The zero-order valence-corrected chi connectivity index (χ0v) is 10.9. The number of halogens is 4. The van der Waals surface area contributed by atoms with Crippen LogP contribution >= 0.6 is 15.9 Å². The van der Waals surface area contributed by atoms with Gasteiger partial charge in [-0.25, -0.2) is 0 Å². The number of rotatable bonds is 4. The highest BCUT2D eigenvalue weighted by Gasteiger charge is 2.31. The average Bonchev–Trinajstić information content (AvgIpc) is 2.17. The van der Waals surface area contributed by atoms with Gasteiger partial charge in [0.2, 0.25) is 0 Å². The van der Waals surface area contributed by atoms with Crippen molar-refractivity contribution in [2.45, 2.75) is 12.9 Å². The van der Waals surface area contributed by atoms with Gasteiger partial charge in [0.05, 0.1) is 4.47 Å². The van der Waals surface area contributed by atoms with Crippen LogP contribution in [-0.4, -0.2) is 25.5 Å². The Labute approximate surface area is 106 Å². The molecule has 0 saturated heterocycles. The summed E-state index contributed by atoms with van der Waals surface area (Å²) in [6.45, 7) is 0.526. The first-order valence-corrected chi connectivity index (χ1v) is 5.52. The molecular weight excluding hydrogens is 301 g/mol. The monoisotopic (exact) mass is 312 g/mol. The van der Waals surface area contributed by atoms with Gasteiger partial charge in [0.25, 0.3) is 0 Å². The lowest BCUT2D eigenvalue weighted by atomic mass is 10.2. The van der Waals surface area contributed by atoms with Gasteiger partial charge in [0, 0.05) is 20.6 Å². The van der Waals surface area contributed by atoms with E-state index in [9.17, 15) is 13.2 Å². The molecule has 96 valence electrons. The highest BCUT2D eigenvalue weighted by atomic mass is 79.9. The second-order valence-electron chi connectivity index (χ2n) is 3.54. The summed E-state index contributed by atoms with van der Waals surface area (Å²) < 4.78 is 40.1. The fourth-order valence-electron chi connectivity index (χ4n) is 1.11. The summed E-state index contributed by atoms with van der Waals surface area (Å²) in [5.41, 5.74) is 3.85. The van der Waals surface area contributed by atoms with Crippen molar-refractivity contribution in [2.24, 2.45) is 0 Å². The zero-order chi connectivity index (χ0) is 13.1. The summed E-state index contributed by atoms with van der Waals surface area (Å²) in [6, 6.07) is 4.43. The molecule has 0 bridgehead atoms. The van der Waals surface area contributed by atoms with Crippen LogP contribution in [0.5, 0.6) is 5.75 Å². The minimum atomic E-state index is -4.67. The Morgan fingerprint density at radius 3 is 2.47 bits per heavy atom. The number of hydrogen-bond donors (Lipinski definition) is 1. The van der Waals surface area contributed by atoms with Gasteiger partial charge < -0.3 is 4.74 Å². The van der Waals surface area contributed by atoms with Crippen molar-refractivity contribution in [1.29, 1.82) is 0 Å². The smallest absolute Gasteiger partial charge is 0.405 e. The molecule has 0 radical (unpaired) electrons. The fourth-order valence-corrected chi connectivity index (χ4v) is 1.62. The molecule has 0 atom stereocenters. The molecule has 1 N–H and O–H groups in total. The maximum absolute atomic E-state index is 12.0. The van der Waals surface area contributed by atoms with Crippen molar-refractivity contribution in [3.05, 3.63) is 28.2 Å². The molecule has 0 aliphatic rings. The van der Waals surface area contributed by atoms with E-state index in [2.05, 4.69) is 26.1 Å². The minimum absolute atomic E-state index is 0.244. The molecule has 0 amide bonds. The van der Waals surface area contributed by atoms with Crippen LogP contribution < -0.4 is 10.2 Å². The van der Waals surface area contributed by atoms with Gasteiger partial charge in [-0.1, -0.05) is 6.07 Å². The third kappa shape index (κ3) is 5.38. The number of nitrogens with one attached hydrogen (secondary N) is 1. The molecule has 1 aromatic rings. The number of nitrogens with zero attached hydrogens (tertiary/aromatic N) is 1. The Balaban J connectivity index is 2.72. The largest absolute Gasteiger partial charge is 0.573 e. The molecule has 1 rings (SSSR count). The molecule has 0 unspecified atom stereocenters. The summed E-state index contributed by atoms with van der Waals surface area (Å²) >= 11 is 3.04. The Morgan fingerprint density at radius 1 is 1.35 bits per heavy atom. The average molecular weight is 313 g/mol. The minimum Gasteiger partial charge on any atom is -0.405 e. The van der Waals surface area contributed by atoms with Crippen LogP contribution in [0.1, 0.15) is 5.56 Å². The van der Waals surface area contributed by atoms with E-state index in [0.29, 0.717) is 6.54 Å². The predicted octanol–water partition coefficient (Wildman–Crippen LogP) is 2.91. The van der Waals surface area contributed by atoms with Crippen LogP contribution in [0.3, 0.4) is 0 Å². The Hall–Kier alpha value is -0.790. The summed E-state index contributed by atoms with van der Waals surface area (Å²) in [5.74, 6) is -0.244. The number of benzene rings is 1. The maximum atomic E-state index is 12.0. The van der Waals surface area contributed by atoms with E-state index in [4.69, 9.17) is 0 Å². The van der Waals surface area contributed by atoms with Crippen molar-refractivity contribution >= 4 is 15.9 Å². The summed E-state index contributed by atoms with van der Waals surface area (Å²) in [5, 5.41) is 1.76. The number of hydrazine groups is 1. The van der Waals surface area contributed by atoms with Crippen molar-refractivity contribution in [1.82, 2.24) is 10.4 Å². The summed E-state index contributed by atoms with van der Waals surface area (Å²) in [7, 11) is 3.66. The molecule has 0 heterocycles. The lowest BCUT2D eigenvalue weighted by Gasteiger charge is -2.14. The Morgan fingerprint density at radius 2 is 2.00 bits per heavy atom. The molecule has 0 aromatic heterocycles. The normalized spacial score (nSPS) is 11.9. The van der Waals surface area contributed by atoms with Crippen LogP contribution in [0.4, 0.5) is 13.2 Å². The predicted molar refractivity (Wildman–Crippen MR) is 61.4 cm³/mol. The van der Waals surface area contributed by atoms with Gasteiger partial charge in [-0.15, -0.1) is 13.2 Å². The van der Waals surface area contributed by atoms with E-state index >= 15 is 0 Å². The molecule has 0 fully saturated rings. The zero-order valence-electron chi connectivity index (χ0n) is 9.31. The molecule has 0 spiro atoms. The Kier molecular flexibility index (Phi) is 4.79. The van der Waals surface area contributed by atoms with Gasteiger partial charge in [0.15, 0.2) is 0 Å². The molecule has 0 saturated carbocycles. The quantitative estimate of drug-likeness (QED) is 0.865. The number of alkyl halides is 3. The van der Waals surface area contributed by atoms with Gasteiger partial charge in [-0.3, -0.25) is 10.4 Å². The lowest BCUT2D eigenvalue weighted by molar-refractivity contribution is -0.274. The van der Waals surface area contributed by atoms with Crippen LogP contribution in [0.25, 0.3) is 0 Å². The summed E-state index contributed by atoms with van der Waals surface area (Å²) in [6.07, 6.45) is -4.67. The first kappa shape index (κ1) is 14.3. The second-order valence-corrected chi connectivity index (χ2v) is 4.40. The molecule has 17 heavy (non-hydrogen) atoms. The van der Waals surface area contributed by atoms with Crippen LogP contribution in [0.2, 0.25) is 0 Å². The molecule has 0 aliphatic heterocycles. The lowest BCUT2D eigenvalue weighted by Crippen LogP contribution is -2.29. The molecule has 0 aliphatic carbocycles. The number of ether oxygens (including phenoxy) is 1. The topological polar surface area (TPSA) is 24.5 Å². The van der Waals surface area contributed by atoms with Gasteiger partial charge >= 0.3 is 6.36 Å². The van der Waals surface area contributed by atoms with E-state index in [-0.39, 0.29) is 10.2 Å². The first-order chi connectivity index (χ1) is 7.78. The SMILES string of the molecule is CN(C)NCc1ccc(OC(F)(F)F)c(Br)c1.